The topological polar surface area (TPSA) is 8.17 Å². The smallest absolute Gasteiger partial charge is 0.0236 e. The Morgan fingerprint density at radius 1 is 1.07 bits per heavy atom. The fraction of sp³-hybridized carbons (Fsp3) is 0.692. The molecule has 0 saturated heterocycles. The molecule has 0 amide bonds. The predicted octanol–water partition coefficient (Wildman–Crippen LogP) is 2.84. The van der Waals surface area contributed by atoms with Crippen molar-refractivity contribution in [2.45, 2.75) is 40.7 Å². The fourth-order valence-electron chi connectivity index (χ4n) is 2.04. The van der Waals surface area contributed by atoms with Crippen molar-refractivity contribution in [2.75, 3.05) is 19.6 Å². The van der Waals surface area contributed by atoms with Crippen LogP contribution in [0.4, 0.5) is 0 Å². The third kappa shape index (κ3) is 3.38. The summed E-state index contributed by atoms with van der Waals surface area (Å²) in [7, 11) is 0. The monoisotopic (exact) mass is 208 g/mol. The summed E-state index contributed by atoms with van der Waals surface area (Å²) in [6.45, 7) is 13.5. The lowest BCUT2D eigenvalue weighted by Gasteiger charge is -2.18. The molecule has 0 fully saturated rings. The lowest BCUT2D eigenvalue weighted by Crippen LogP contribution is -2.25. The van der Waals surface area contributed by atoms with Crippen LogP contribution in [0.3, 0.4) is 0 Å². The zero-order valence-corrected chi connectivity index (χ0v) is 10.6. The standard InChI is InChI=1S/C13H24N2/c1-5-14(6-2)10-7-11-15-12(3)8-9-13(15)4/h8-9H,5-7,10-11H2,1-4H3. The average Bonchev–Trinajstić information content (AvgIpc) is 2.55. The van der Waals surface area contributed by atoms with Gasteiger partial charge in [0.15, 0.2) is 0 Å². The molecule has 0 bridgehead atoms. The van der Waals surface area contributed by atoms with Crippen LogP contribution in [0.25, 0.3) is 0 Å². The van der Waals surface area contributed by atoms with Gasteiger partial charge in [-0.15, -0.1) is 0 Å². The van der Waals surface area contributed by atoms with Crippen LogP contribution in [0.1, 0.15) is 31.7 Å². The first kappa shape index (κ1) is 12.3. The number of rotatable bonds is 6. The number of hydrogen-bond donors (Lipinski definition) is 0. The quantitative estimate of drug-likeness (QED) is 0.698. The molecule has 86 valence electrons. The van der Waals surface area contributed by atoms with Crippen LogP contribution in [0.15, 0.2) is 12.1 Å². The van der Waals surface area contributed by atoms with Gasteiger partial charge in [0.25, 0.3) is 0 Å². The Kier molecular flexibility index (Phi) is 4.89. The van der Waals surface area contributed by atoms with Crippen molar-refractivity contribution in [2.24, 2.45) is 0 Å². The molecule has 0 atom stereocenters. The molecule has 0 aromatic carbocycles. The van der Waals surface area contributed by atoms with Crippen LogP contribution in [0.2, 0.25) is 0 Å². The number of hydrogen-bond acceptors (Lipinski definition) is 1. The van der Waals surface area contributed by atoms with Crippen LogP contribution in [0, 0.1) is 13.8 Å². The summed E-state index contributed by atoms with van der Waals surface area (Å²) < 4.78 is 2.41. The molecule has 2 heteroatoms. The van der Waals surface area contributed by atoms with E-state index in [9.17, 15) is 0 Å². The summed E-state index contributed by atoms with van der Waals surface area (Å²) in [5.74, 6) is 0. The average molecular weight is 208 g/mol. The molecule has 0 saturated carbocycles. The van der Waals surface area contributed by atoms with Crippen molar-refractivity contribution in [3.8, 4) is 0 Å². The molecule has 1 aromatic rings. The van der Waals surface area contributed by atoms with Crippen molar-refractivity contribution in [1.82, 2.24) is 9.47 Å². The van der Waals surface area contributed by atoms with Crippen LogP contribution in [-0.4, -0.2) is 29.1 Å². The second-order valence-corrected chi connectivity index (χ2v) is 4.15. The van der Waals surface area contributed by atoms with Crippen LogP contribution >= 0.6 is 0 Å². The van der Waals surface area contributed by atoms with Gasteiger partial charge in [-0.2, -0.15) is 0 Å². The van der Waals surface area contributed by atoms with Crippen molar-refractivity contribution >= 4 is 0 Å². The van der Waals surface area contributed by atoms with Crippen molar-refractivity contribution in [3.63, 3.8) is 0 Å². The second-order valence-electron chi connectivity index (χ2n) is 4.15. The Bertz CT molecular complexity index is 265. The lowest BCUT2D eigenvalue weighted by atomic mass is 10.3. The maximum Gasteiger partial charge on any atom is 0.0236 e. The van der Waals surface area contributed by atoms with Gasteiger partial charge in [0.05, 0.1) is 0 Å². The minimum absolute atomic E-state index is 1.15. The Balaban J connectivity index is 2.37. The fourth-order valence-corrected chi connectivity index (χ4v) is 2.04. The van der Waals surface area contributed by atoms with Crippen molar-refractivity contribution in [1.29, 1.82) is 0 Å². The van der Waals surface area contributed by atoms with Gasteiger partial charge in [0.2, 0.25) is 0 Å². The summed E-state index contributed by atoms with van der Waals surface area (Å²) in [5, 5.41) is 0. The van der Waals surface area contributed by atoms with E-state index in [1.807, 2.05) is 0 Å². The molecule has 0 unspecified atom stereocenters. The molecule has 0 spiro atoms. The minimum Gasteiger partial charge on any atom is -0.349 e. The van der Waals surface area contributed by atoms with Crippen LogP contribution < -0.4 is 0 Å². The molecule has 0 N–H and O–H groups in total. The molecule has 0 aliphatic heterocycles. The predicted molar refractivity (Wildman–Crippen MR) is 66.3 cm³/mol. The summed E-state index contributed by atoms with van der Waals surface area (Å²) in [6.07, 6.45) is 1.25. The molecule has 15 heavy (non-hydrogen) atoms. The normalized spacial score (nSPS) is 11.3. The molecule has 0 aliphatic rings. The van der Waals surface area contributed by atoms with E-state index in [1.165, 1.54) is 37.4 Å². The Morgan fingerprint density at radius 2 is 1.60 bits per heavy atom. The first-order chi connectivity index (χ1) is 7.19. The highest BCUT2D eigenvalue weighted by atomic mass is 15.1. The van der Waals surface area contributed by atoms with Gasteiger partial charge in [-0.1, -0.05) is 13.8 Å². The van der Waals surface area contributed by atoms with Gasteiger partial charge < -0.3 is 9.47 Å². The molecular weight excluding hydrogens is 184 g/mol. The minimum atomic E-state index is 1.15. The van der Waals surface area contributed by atoms with E-state index in [1.54, 1.807) is 0 Å². The molecule has 2 nitrogen and oxygen atoms in total. The highest BCUT2D eigenvalue weighted by Gasteiger charge is 2.02. The largest absolute Gasteiger partial charge is 0.349 e. The van der Waals surface area contributed by atoms with Gasteiger partial charge >= 0.3 is 0 Å². The highest BCUT2D eigenvalue weighted by molar-refractivity contribution is 5.13. The Labute approximate surface area is 93.9 Å². The zero-order chi connectivity index (χ0) is 11.3. The molecular formula is C13H24N2. The first-order valence-electron chi connectivity index (χ1n) is 6.04. The third-order valence-corrected chi connectivity index (χ3v) is 3.17. The van der Waals surface area contributed by atoms with Crippen molar-refractivity contribution < 1.29 is 0 Å². The van der Waals surface area contributed by atoms with Gasteiger partial charge in [-0.05, 0) is 52.0 Å². The summed E-state index contributed by atoms with van der Waals surface area (Å²) in [5.41, 5.74) is 2.76. The molecule has 0 aliphatic carbocycles. The number of aryl methyl sites for hydroxylation is 2. The molecule has 1 aromatic heterocycles. The summed E-state index contributed by atoms with van der Waals surface area (Å²) in [6, 6.07) is 4.40. The summed E-state index contributed by atoms with van der Waals surface area (Å²) in [4.78, 5) is 2.48. The second kappa shape index (κ2) is 5.96. The summed E-state index contributed by atoms with van der Waals surface area (Å²) >= 11 is 0. The van der Waals surface area contributed by atoms with E-state index in [-0.39, 0.29) is 0 Å². The molecule has 0 radical (unpaired) electrons. The Morgan fingerprint density at radius 3 is 2.07 bits per heavy atom. The molecule has 1 rings (SSSR count). The SMILES string of the molecule is CCN(CC)CCCn1c(C)ccc1C. The van der Waals surface area contributed by atoms with E-state index < -0.39 is 0 Å². The van der Waals surface area contributed by atoms with Crippen LogP contribution in [-0.2, 0) is 6.54 Å². The van der Waals surface area contributed by atoms with E-state index >= 15 is 0 Å². The number of nitrogens with zero attached hydrogens (tertiary/aromatic N) is 2. The maximum atomic E-state index is 2.48. The lowest BCUT2D eigenvalue weighted by molar-refractivity contribution is 0.292. The van der Waals surface area contributed by atoms with Gasteiger partial charge in [0.1, 0.15) is 0 Å². The Hall–Kier alpha value is -0.760. The zero-order valence-electron chi connectivity index (χ0n) is 10.6. The van der Waals surface area contributed by atoms with E-state index in [0.717, 1.165) is 6.54 Å². The van der Waals surface area contributed by atoms with Crippen molar-refractivity contribution in [3.05, 3.63) is 23.5 Å². The van der Waals surface area contributed by atoms with E-state index in [4.69, 9.17) is 0 Å². The van der Waals surface area contributed by atoms with E-state index in [2.05, 4.69) is 49.3 Å². The maximum absolute atomic E-state index is 2.48. The van der Waals surface area contributed by atoms with Crippen LogP contribution in [0.5, 0.6) is 0 Å². The van der Waals surface area contributed by atoms with Gasteiger partial charge in [0, 0.05) is 17.9 Å². The van der Waals surface area contributed by atoms with Gasteiger partial charge in [-0.3, -0.25) is 0 Å². The van der Waals surface area contributed by atoms with Gasteiger partial charge in [-0.25, -0.2) is 0 Å². The number of aromatic nitrogens is 1. The first-order valence-corrected chi connectivity index (χ1v) is 6.04. The third-order valence-electron chi connectivity index (χ3n) is 3.17. The highest BCUT2D eigenvalue weighted by Crippen LogP contribution is 2.08. The van der Waals surface area contributed by atoms with E-state index in [0.29, 0.717) is 0 Å². The molecule has 1 heterocycles.